The number of hydrogen-bond donors (Lipinski definition) is 0. The quantitative estimate of drug-likeness (QED) is 0.192. The predicted molar refractivity (Wildman–Crippen MR) is 125 cm³/mol. The summed E-state index contributed by atoms with van der Waals surface area (Å²) in [6, 6.07) is 8.07. The molecule has 0 radical (unpaired) electrons. The molecule has 0 fully saturated rings. The zero-order valence-electron chi connectivity index (χ0n) is 16.1. The summed E-state index contributed by atoms with van der Waals surface area (Å²) < 4.78 is 7.87. The van der Waals surface area contributed by atoms with Crippen LogP contribution in [-0.2, 0) is 9.53 Å². The summed E-state index contributed by atoms with van der Waals surface area (Å²) in [5.74, 6) is 4.29. The van der Waals surface area contributed by atoms with Crippen LogP contribution in [0.5, 0.6) is 0 Å². The van der Waals surface area contributed by atoms with Gasteiger partial charge in [-0.2, -0.15) is 23.5 Å². The number of hydrogen-bond acceptors (Lipinski definition) is 7. The summed E-state index contributed by atoms with van der Waals surface area (Å²) in [6.45, 7) is 4.41. The van der Waals surface area contributed by atoms with Gasteiger partial charge < -0.3 is 4.74 Å². The van der Waals surface area contributed by atoms with Crippen molar-refractivity contribution in [2.24, 2.45) is 0 Å². The maximum atomic E-state index is 12.3. The van der Waals surface area contributed by atoms with Crippen LogP contribution >= 0.6 is 46.6 Å². The minimum Gasteiger partial charge on any atom is -0.460 e. The van der Waals surface area contributed by atoms with Crippen LogP contribution in [-0.4, -0.2) is 45.8 Å². The Hall–Kier alpha value is -0.370. The van der Waals surface area contributed by atoms with Gasteiger partial charge in [-0.05, 0) is 36.5 Å². The molecule has 0 saturated heterocycles. The number of aromatic nitrogens is 1. The van der Waals surface area contributed by atoms with Crippen molar-refractivity contribution in [3.8, 4) is 0 Å². The van der Waals surface area contributed by atoms with Crippen LogP contribution in [0.3, 0.4) is 0 Å². The van der Waals surface area contributed by atoms with Gasteiger partial charge in [0.1, 0.15) is 6.10 Å². The van der Waals surface area contributed by atoms with Crippen molar-refractivity contribution >= 4 is 62.8 Å². The second-order valence-corrected chi connectivity index (χ2v) is 10.8. The van der Waals surface area contributed by atoms with Gasteiger partial charge in [0.05, 0.1) is 16.0 Å². The van der Waals surface area contributed by atoms with Crippen LogP contribution in [0.25, 0.3) is 10.2 Å². The topological polar surface area (TPSA) is 39.2 Å². The Kier molecular flexibility index (Phi) is 11.7. The number of thiazole rings is 1. The van der Waals surface area contributed by atoms with E-state index in [-0.39, 0.29) is 12.1 Å². The number of para-hydroxylation sites is 1. The summed E-state index contributed by atoms with van der Waals surface area (Å²) in [5, 5.41) is 0. The van der Waals surface area contributed by atoms with E-state index in [1.54, 1.807) is 11.3 Å². The molecule has 0 amide bonds. The first-order valence-corrected chi connectivity index (χ1v) is 13.7. The fraction of sp³-hybridized carbons (Fsp3) is 0.600. The molecule has 0 aliphatic carbocycles. The van der Waals surface area contributed by atoms with Gasteiger partial charge in [-0.3, -0.25) is 4.79 Å². The maximum absolute atomic E-state index is 12.3. The summed E-state index contributed by atoms with van der Waals surface area (Å²) in [4.78, 5) is 16.9. The molecule has 150 valence electrons. The van der Waals surface area contributed by atoms with Crippen molar-refractivity contribution < 1.29 is 9.53 Å². The molecule has 0 spiro atoms. The van der Waals surface area contributed by atoms with Crippen molar-refractivity contribution in [2.45, 2.75) is 50.0 Å². The number of unbranched alkanes of at least 4 members (excludes halogenated alkanes) is 2. The highest BCUT2D eigenvalue weighted by molar-refractivity contribution is 8.01. The Morgan fingerprint density at radius 2 is 1.78 bits per heavy atom. The van der Waals surface area contributed by atoms with Crippen molar-refractivity contribution in [2.75, 3.05) is 28.8 Å². The van der Waals surface area contributed by atoms with E-state index in [9.17, 15) is 4.79 Å². The molecule has 0 aliphatic heterocycles. The second kappa shape index (κ2) is 13.7. The molecule has 0 aliphatic rings. The number of nitrogens with zero attached hydrogens (tertiary/aromatic N) is 1. The van der Waals surface area contributed by atoms with E-state index in [0.717, 1.165) is 37.6 Å². The predicted octanol–water partition coefficient (Wildman–Crippen LogP) is 6.37. The number of esters is 1. The molecule has 0 saturated carbocycles. The molecule has 7 heteroatoms. The van der Waals surface area contributed by atoms with E-state index in [1.165, 1.54) is 37.4 Å². The monoisotopic (exact) mass is 443 g/mol. The number of carbonyl (C=O) groups excluding carboxylic acids is 1. The highest BCUT2D eigenvalue weighted by atomic mass is 32.2. The van der Waals surface area contributed by atoms with E-state index in [0.29, 0.717) is 5.75 Å². The largest absolute Gasteiger partial charge is 0.460 e. The highest BCUT2D eigenvalue weighted by Crippen LogP contribution is 2.29. The Bertz CT molecular complexity index is 632. The van der Waals surface area contributed by atoms with E-state index < -0.39 is 0 Å². The van der Waals surface area contributed by atoms with Crippen molar-refractivity contribution in [1.29, 1.82) is 0 Å². The molecule has 1 aromatic heterocycles. The number of ether oxygens (including phenoxy) is 1. The molecule has 3 nitrogen and oxygen atoms in total. The SMILES string of the molecule is CCCCSCC(CSCCCC)OC(=O)CSc1nc2ccccc2s1. The molecule has 2 aromatic rings. The summed E-state index contributed by atoms with van der Waals surface area (Å²) in [7, 11) is 0. The summed E-state index contributed by atoms with van der Waals surface area (Å²) in [6.07, 6.45) is 4.88. The summed E-state index contributed by atoms with van der Waals surface area (Å²) >= 11 is 6.92. The van der Waals surface area contributed by atoms with E-state index >= 15 is 0 Å². The molecule has 0 N–H and O–H groups in total. The average molecular weight is 444 g/mol. The van der Waals surface area contributed by atoms with Gasteiger partial charge in [-0.1, -0.05) is 50.6 Å². The van der Waals surface area contributed by atoms with E-state index in [1.807, 2.05) is 41.7 Å². The summed E-state index contributed by atoms with van der Waals surface area (Å²) in [5.41, 5.74) is 0.996. The normalized spacial score (nSPS) is 11.4. The lowest BCUT2D eigenvalue weighted by molar-refractivity contribution is -0.143. The van der Waals surface area contributed by atoms with Gasteiger partial charge in [0.2, 0.25) is 0 Å². The fourth-order valence-electron chi connectivity index (χ4n) is 2.29. The van der Waals surface area contributed by atoms with Gasteiger partial charge >= 0.3 is 5.97 Å². The smallest absolute Gasteiger partial charge is 0.316 e. The van der Waals surface area contributed by atoms with Crippen molar-refractivity contribution in [1.82, 2.24) is 4.98 Å². The van der Waals surface area contributed by atoms with Crippen LogP contribution in [0.1, 0.15) is 39.5 Å². The minimum atomic E-state index is -0.128. The third-order valence-electron chi connectivity index (χ3n) is 3.78. The zero-order valence-corrected chi connectivity index (χ0v) is 19.4. The third-order valence-corrected chi connectivity index (χ3v) is 8.30. The third kappa shape index (κ3) is 9.11. The second-order valence-electron chi connectivity index (χ2n) is 6.20. The Balaban J connectivity index is 1.77. The van der Waals surface area contributed by atoms with Crippen LogP contribution in [0.2, 0.25) is 0 Å². The number of rotatable bonds is 14. The lowest BCUT2D eigenvalue weighted by Crippen LogP contribution is -2.24. The van der Waals surface area contributed by atoms with Crippen molar-refractivity contribution in [3.05, 3.63) is 24.3 Å². The molecular weight excluding hydrogens is 414 g/mol. The molecule has 1 heterocycles. The van der Waals surface area contributed by atoms with Crippen LogP contribution < -0.4 is 0 Å². The molecule has 1 aromatic carbocycles. The Morgan fingerprint density at radius 3 is 2.41 bits per heavy atom. The van der Waals surface area contributed by atoms with Crippen LogP contribution in [0.4, 0.5) is 0 Å². The van der Waals surface area contributed by atoms with E-state index in [4.69, 9.17) is 4.74 Å². The van der Waals surface area contributed by atoms with Crippen molar-refractivity contribution in [3.63, 3.8) is 0 Å². The number of benzene rings is 1. The Morgan fingerprint density at radius 1 is 1.11 bits per heavy atom. The number of thioether (sulfide) groups is 3. The van der Waals surface area contributed by atoms with E-state index in [2.05, 4.69) is 24.9 Å². The first kappa shape index (κ1) is 22.9. The molecule has 0 bridgehead atoms. The maximum Gasteiger partial charge on any atom is 0.316 e. The number of fused-ring (bicyclic) bond motifs is 1. The standard InChI is InChI=1S/C20H29NO2S4/c1-3-5-11-24-13-16(14-25-12-6-4-2)23-19(22)15-26-20-21-17-9-7-8-10-18(17)27-20/h7-10,16H,3-6,11-15H2,1-2H3. The fourth-order valence-corrected chi connectivity index (χ4v) is 6.51. The van der Waals surface area contributed by atoms with Gasteiger partial charge in [-0.15, -0.1) is 11.3 Å². The molecular formula is C20H29NO2S4. The zero-order chi connectivity index (χ0) is 19.3. The number of carbonyl (C=O) groups is 1. The van der Waals surface area contributed by atoms with Gasteiger partial charge in [0, 0.05) is 11.5 Å². The minimum absolute atomic E-state index is 0.0113. The molecule has 27 heavy (non-hydrogen) atoms. The van der Waals surface area contributed by atoms with Crippen LogP contribution in [0.15, 0.2) is 28.6 Å². The van der Waals surface area contributed by atoms with Crippen LogP contribution in [0, 0.1) is 0 Å². The van der Waals surface area contributed by atoms with Gasteiger partial charge in [0.15, 0.2) is 4.34 Å². The van der Waals surface area contributed by atoms with Gasteiger partial charge in [-0.25, -0.2) is 4.98 Å². The lowest BCUT2D eigenvalue weighted by Gasteiger charge is -2.17. The average Bonchev–Trinajstić information content (AvgIpc) is 3.09. The first-order valence-electron chi connectivity index (χ1n) is 9.56. The Labute approximate surface area is 179 Å². The first-order chi connectivity index (χ1) is 13.2. The highest BCUT2D eigenvalue weighted by Gasteiger charge is 2.16. The molecule has 2 rings (SSSR count). The molecule has 0 unspecified atom stereocenters. The molecule has 0 atom stereocenters. The lowest BCUT2D eigenvalue weighted by atomic mass is 10.3. The van der Waals surface area contributed by atoms with Gasteiger partial charge in [0.25, 0.3) is 0 Å².